The molecular formula is C17H22N4O3S. The van der Waals surface area contributed by atoms with E-state index in [0.717, 1.165) is 29.9 Å². The molecule has 7 nitrogen and oxygen atoms in total. The van der Waals surface area contributed by atoms with E-state index in [1.807, 2.05) is 13.0 Å². The zero-order valence-corrected chi connectivity index (χ0v) is 14.9. The molecule has 2 heterocycles. The first-order valence-corrected chi connectivity index (χ1v) is 9.74. The maximum atomic E-state index is 12.3. The van der Waals surface area contributed by atoms with Crippen LogP contribution < -0.4 is 10.0 Å². The highest BCUT2D eigenvalue weighted by Gasteiger charge is 2.20. The summed E-state index contributed by atoms with van der Waals surface area (Å²) in [6, 6.07) is 8.66. The fraction of sp³-hybridized carbons (Fsp3) is 0.412. The van der Waals surface area contributed by atoms with Gasteiger partial charge in [-0.05, 0) is 37.5 Å². The number of hydrogen-bond donors (Lipinski definition) is 2. The summed E-state index contributed by atoms with van der Waals surface area (Å²) in [6.45, 7) is 3.48. The highest BCUT2D eigenvalue weighted by Crippen LogP contribution is 2.14. The van der Waals surface area contributed by atoms with E-state index in [1.165, 1.54) is 6.33 Å². The minimum atomic E-state index is -3.51. The van der Waals surface area contributed by atoms with Gasteiger partial charge in [-0.1, -0.05) is 12.1 Å². The Bertz CT molecular complexity index is 803. The van der Waals surface area contributed by atoms with Crippen LogP contribution in [-0.2, 0) is 21.3 Å². The summed E-state index contributed by atoms with van der Waals surface area (Å²) in [7, 11) is -3.51. The molecule has 1 aliphatic heterocycles. The zero-order valence-electron chi connectivity index (χ0n) is 14.1. The predicted octanol–water partition coefficient (Wildman–Crippen LogP) is 1.85. The maximum absolute atomic E-state index is 12.3. The third-order valence-electron chi connectivity index (χ3n) is 4.04. The van der Waals surface area contributed by atoms with E-state index in [-0.39, 0.29) is 11.0 Å². The highest BCUT2D eigenvalue weighted by atomic mass is 32.2. The van der Waals surface area contributed by atoms with Gasteiger partial charge in [0, 0.05) is 31.5 Å². The van der Waals surface area contributed by atoms with Gasteiger partial charge in [0.2, 0.25) is 10.0 Å². The zero-order chi connectivity index (χ0) is 17.7. The minimum Gasteiger partial charge on any atom is -0.377 e. The van der Waals surface area contributed by atoms with Gasteiger partial charge in [-0.15, -0.1) is 0 Å². The molecule has 0 spiro atoms. The van der Waals surface area contributed by atoms with E-state index in [1.54, 1.807) is 24.3 Å². The van der Waals surface area contributed by atoms with E-state index in [4.69, 9.17) is 4.74 Å². The van der Waals surface area contributed by atoms with Gasteiger partial charge in [-0.3, -0.25) is 0 Å². The fourth-order valence-corrected chi connectivity index (χ4v) is 3.69. The molecule has 25 heavy (non-hydrogen) atoms. The van der Waals surface area contributed by atoms with Crippen LogP contribution in [0.3, 0.4) is 0 Å². The Kier molecular flexibility index (Phi) is 5.62. The van der Waals surface area contributed by atoms with Crippen LogP contribution in [0.1, 0.15) is 24.1 Å². The lowest BCUT2D eigenvalue weighted by atomic mass is 10.2. The van der Waals surface area contributed by atoms with Crippen molar-refractivity contribution in [2.75, 3.05) is 18.5 Å². The summed E-state index contributed by atoms with van der Waals surface area (Å²) in [6.07, 6.45) is 3.37. The van der Waals surface area contributed by atoms with Crippen molar-refractivity contribution >= 4 is 15.8 Å². The SMILES string of the molecule is Cc1cc(NCc2ccc(S(=O)(=O)NCC3CCCO3)cc2)ncn1. The molecule has 1 unspecified atom stereocenters. The number of anilines is 1. The van der Waals surface area contributed by atoms with Gasteiger partial charge in [0.05, 0.1) is 11.0 Å². The molecule has 1 atom stereocenters. The summed E-state index contributed by atoms with van der Waals surface area (Å²) in [5.74, 6) is 0.738. The summed E-state index contributed by atoms with van der Waals surface area (Å²) in [4.78, 5) is 8.44. The lowest BCUT2D eigenvalue weighted by Gasteiger charge is -2.12. The topological polar surface area (TPSA) is 93.2 Å². The van der Waals surface area contributed by atoms with Crippen LogP contribution in [0.15, 0.2) is 41.6 Å². The van der Waals surface area contributed by atoms with Crippen LogP contribution in [-0.4, -0.2) is 37.6 Å². The standard InChI is InChI=1S/C17H22N4O3S/c1-13-9-17(20-12-19-13)18-10-14-4-6-16(7-5-14)25(22,23)21-11-15-3-2-8-24-15/h4-7,9,12,15,21H,2-3,8,10-11H2,1H3,(H,18,19,20). The van der Waals surface area contributed by atoms with Crippen molar-refractivity contribution in [3.63, 3.8) is 0 Å². The second-order valence-corrected chi connectivity index (χ2v) is 7.80. The first-order valence-electron chi connectivity index (χ1n) is 8.26. The van der Waals surface area contributed by atoms with Crippen molar-refractivity contribution in [3.05, 3.63) is 47.9 Å². The van der Waals surface area contributed by atoms with Gasteiger partial charge in [0.15, 0.2) is 0 Å². The number of aromatic nitrogens is 2. The molecule has 1 aromatic carbocycles. The van der Waals surface area contributed by atoms with Gasteiger partial charge in [-0.25, -0.2) is 23.1 Å². The third kappa shape index (κ3) is 4.97. The van der Waals surface area contributed by atoms with E-state index >= 15 is 0 Å². The average molecular weight is 362 g/mol. The largest absolute Gasteiger partial charge is 0.377 e. The van der Waals surface area contributed by atoms with Gasteiger partial charge >= 0.3 is 0 Å². The molecule has 0 saturated carbocycles. The Hall–Kier alpha value is -2.03. The number of ether oxygens (including phenoxy) is 1. The van der Waals surface area contributed by atoms with Crippen molar-refractivity contribution in [2.24, 2.45) is 0 Å². The summed E-state index contributed by atoms with van der Waals surface area (Å²) >= 11 is 0. The molecular weight excluding hydrogens is 340 g/mol. The van der Waals surface area contributed by atoms with Crippen molar-refractivity contribution in [1.82, 2.24) is 14.7 Å². The summed E-state index contributed by atoms with van der Waals surface area (Å²) < 4.78 is 32.7. The van der Waals surface area contributed by atoms with Gasteiger partial charge in [0.1, 0.15) is 12.1 Å². The molecule has 2 N–H and O–H groups in total. The Morgan fingerprint density at radius 2 is 2.04 bits per heavy atom. The van der Waals surface area contributed by atoms with Gasteiger partial charge in [-0.2, -0.15) is 0 Å². The average Bonchev–Trinajstić information content (AvgIpc) is 3.12. The van der Waals surface area contributed by atoms with E-state index in [9.17, 15) is 8.42 Å². The molecule has 0 bridgehead atoms. The smallest absolute Gasteiger partial charge is 0.240 e. The molecule has 134 valence electrons. The van der Waals surface area contributed by atoms with Crippen molar-refractivity contribution < 1.29 is 13.2 Å². The van der Waals surface area contributed by atoms with Crippen molar-refractivity contribution in [2.45, 2.75) is 37.3 Å². The van der Waals surface area contributed by atoms with Crippen molar-refractivity contribution in [3.8, 4) is 0 Å². The number of rotatable bonds is 7. The normalized spacial score (nSPS) is 17.6. The van der Waals surface area contributed by atoms with Crippen LogP contribution in [0.2, 0.25) is 0 Å². The molecule has 2 aromatic rings. The molecule has 8 heteroatoms. The molecule has 1 aromatic heterocycles. The lowest BCUT2D eigenvalue weighted by Crippen LogP contribution is -2.31. The second-order valence-electron chi connectivity index (χ2n) is 6.03. The summed E-state index contributed by atoms with van der Waals surface area (Å²) in [5.41, 5.74) is 1.85. The van der Waals surface area contributed by atoms with Crippen molar-refractivity contribution in [1.29, 1.82) is 0 Å². The van der Waals surface area contributed by atoms with Crippen LogP contribution in [0.5, 0.6) is 0 Å². The minimum absolute atomic E-state index is 0.0189. The predicted molar refractivity (Wildman–Crippen MR) is 94.7 cm³/mol. The molecule has 1 fully saturated rings. The quantitative estimate of drug-likeness (QED) is 0.781. The number of benzene rings is 1. The Morgan fingerprint density at radius 1 is 1.24 bits per heavy atom. The van der Waals surface area contributed by atoms with Crippen LogP contribution in [0.25, 0.3) is 0 Å². The Labute approximate surface area is 147 Å². The Morgan fingerprint density at radius 3 is 2.72 bits per heavy atom. The van der Waals surface area contributed by atoms with Crippen LogP contribution in [0, 0.1) is 6.92 Å². The Balaban J connectivity index is 1.57. The monoisotopic (exact) mass is 362 g/mol. The molecule has 0 amide bonds. The second kappa shape index (κ2) is 7.90. The molecule has 0 aliphatic carbocycles. The maximum Gasteiger partial charge on any atom is 0.240 e. The van der Waals surface area contributed by atoms with Crippen LogP contribution >= 0.6 is 0 Å². The molecule has 1 saturated heterocycles. The fourth-order valence-electron chi connectivity index (χ4n) is 2.62. The molecule has 0 radical (unpaired) electrons. The third-order valence-corrected chi connectivity index (χ3v) is 5.48. The van der Waals surface area contributed by atoms with E-state index in [2.05, 4.69) is 20.0 Å². The van der Waals surface area contributed by atoms with E-state index < -0.39 is 10.0 Å². The molecule has 1 aliphatic rings. The molecule has 3 rings (SSSR count). The number of nitrogens with zero attached hydrogens (tertiary/aromatic N) is 2. The number of sulfonamides is 1. The first kappa shape index (κ1) is 17.8. The first-order chi connectivity index (χ1) is 12.0. The number of hydrogen-bond acceptors (Lipinski definition) is 6. The van der Waals surface area contributed by atoms with Crippen LogP contribution in [0.4, 0.5) is 5.82 Å². The summed E-state index contributed by atoms with van der Waals surface area (Å²) in [5, 5.41) is 3.19. The van der Waals surface area contributed by atoms with Gasteiger partial charge < -0.3 is 10.1 Å². The lowest BCUT2D eigenvalue weighted by molar-refractivity contribution is 0.114. The highest BCUT2D eigenvalue weighted by molar-refractivity contribution is 7.89. The number of aryl methyl sites for hydroxylation is 1. The van der Waals surface area contributed by atoms with Gasteiger partial charge in [0.25, 0.3) is 0 Å². The number of nitrogens with one attached hydrogen (secondary N) is 2. The van der Waals surface area contributed by atoms with E-state index in [0.29, 0.717) is 19.7 Å².